The van der Waals surface area contributed by atoms with E-state index in [1.54, 1.807) is 53.7 Å². The molecule has 598 valence electrons. The number of carboxylic acids is 1. The largest absolute Gasteiger partial charge is 0.479 e. The van der Waals surface area contributed by atoms with Crippen LogP contribution in [0.15, 0.2) is 78.9 Å². The summed E-state index contributed by atoms with van der Waals surface area (Å²) in [4.78, 5) is 139. The van der Waals surface area contributed by atoms with Crippen molar-refractivity contribution in [2.45, 2.75) is 278 Å². The van der Waals surface area contributed by atoms with E-state index in [0.717, 1.165) is 62.0 Å². The molecule has 26 heteroatoms. The molecule has 0 spiro atoms. The number of benzene rings is 3. The highest BCUT2D eigenvalue weighted by Gasteiger charge is 2.45. The molecule has 2 aliphatic rings. The maximum absolute atomic E-state index is 15.2. The van der Waals surface area contributed by atoms with Gasteiger partial charge in [-0.2, -0.15) is 0 Å². The minimum atomic E-state index is -1.92. The maximum atomic E-state index is 15.2. The van der Waals surface area contributed by atoms with Crippen molar-refractivity contribution in [1.82, 2.24) is 19.6 Å². The van der Waals surface area contributed by atoms with Gasteiger partial charge in [-0.05, 0) is 172 Å². The Bertz CT molecular complexity index is 3410. The molecule has 0 aliphatic carbocycles. The molecule has 0 radical (unpaired) electrons. The number of ether oxygens (including phenoxy) is 9. The fourth-order valence-electron chi connectivity index (χ4n) is 11.9. The third-order valence-corrected chi connectivity index (χ3v) is 17.7. The van der Waals surface area contributed by atoms with Gasteiger partial charge in [-0.3, -0.25) is 19.4 Å². The summed E-state index contributed by atoms with van der Waals surface area (Å²) in [6.07, 6.45) is -4.87. The number of aliphatic carboxylic acids is 1. The smallest absolute Gasteiger partial charge is 0.410 e. The van der Waals surface area contributed by atoms with E-state index in [1.165, 1.54) is 69.7 Å². The Morgan fingerprint density at radius 3 is 1.06 bits per heavy atom. The second-order valence-electron chi connectivity index (χ2n) is 33.6. The SMILES string of the molecule is C[C@@H](OC(=O)[C@H](CC(C)(C)C)N(C)C(=O)[C@@H](Cc1ccc(C2CCOCC2)cc1)OC(=O)[C@H](CC(C)(C)F)N(C)C(=O)OC(C)(C)C)C(=O)O.C[C@@H](OC(=O)[C@H](CC(C)(C)C)N(C)C(=O)[C@@H](Cc1ccc(C2CCOCC2)cc1)OC(=O)[C@H](CC(C)(C)F)N(C)C(=O)OC(C)(C)C)C(=O)OCc1ccccc1. The highest BCUT2D eigenvalue weighted by molar-refractivity contribution is 5.92. The number of likely N-dealkylation sites (N-methyl/N-ethyl adjacent to an activating group) is 4. The summed E-state index contributed by atoms with van der Waals surface area (Å²) in [6.45, 7) is 31.5. The Labute approximate surface area is 631 Å². The van der Waals surface area contributed by atoms with Gasteiger partial charge in [0.25, 0.3) is 11.8 Å². The van der Waals surface area contributed by atoms with Crippen LogP contribution >= 0.6 is 0 Å². The zero-order chi connectivity index (χ0) is 80.9. The first-order valence-electron chi connectivity index (χ1n) is 36.7. The summed E-state index contributed by atoms with van der Waals surface area (Å²) < 4.78 is 80.2. The van der Waals surface area contributed by atoms with E-state index < -0.39 is 155 Å². The van der Waals surface area contributed by atoms with E-state index in [9.17, 15) is 53.1 Å². The Morgan fingerprint density at radius 2 is 0.748 bits per heavy atom. The van der Waals surface area contributed by atoms with Gasteiger partial charge in [-0.15, -0.1) is 0 Å². The third kappa shape index (κ3) is 32.2. The summed E-state index contributed by atoms with van der Waals surface area (Å²) in [7, 11) is 5.37. The van der Waals surface area contributed by atoms with Crippen molar-refractivity contribution >= 4 is 59.8 Å². The number of carboxylic acid groups (broad SMARTS) is 1. The summed E-state index contributed by atoms with van der Waals surface area (Å²) in [6, 6.07) is 18.9. The van der Waals surface area contributed by atoms with Gasteiger partial charge >= 0.3 is 48.0 Å². The van der Waals surface area contributed by atoms with Crippen LogP contribution in [0.3, 0.4) is 0 Å². The van der Waals surface area contributed by atoms with Crippen LogP contribution in [-0.2, 0) is 100 Å². The summed E-state index contributed by atoms with van der Waals surface area (Å²) in [5.41, 5.74) is -2.36. The lowest BCUT2D eigenvalue weighted by molar-refractivity contribution is -0.174. The topological polar surface area (TPSA) is 287 Å². The van der Waals surface area contributed by atoms with Gasteiger partial charge in [-0.25, -0.2) is 47.1 Å². The molecular weight excluding hydrogens is 1390 g/mol. The molecule has 3 aromatic carbocycles. The van der Waals surface area contributed by atoms with Crippen molar-refractivity contribution in [1.29, 1.82) is 0 Å². The number of carbonyl (C=O) groups is 10. The van der Waals surface area contributed by atoms with Crippen molar-refractivity contribution in [2.24, 2.45) is 10.8 Å². The summed E-state index contributed by atoms with van der Waals surface area (Å²) >= 11 is 0. The average Bonchev–Trinajstić information content (AvgIpc) is 0.814. The normalized spacial score (nSPS) is 16.3. The number of rotatable bonds is 30. The first-order valence-corrected chi connectivity index (χ1v) is 36.7. The van der Waals surface area contributed by atoms with Gasteiger partial charge in [0, 0.05) is 80.3 Å². The van der Waals surface area contributed by atoms with Crippen LogP contribution in [0.1, 0.15) is 216 Å². The van der Waals surface area contributed by atoms with E-state index >= 15 is 8.78 Å². The Balaban J connectivity index is 0.000000456. The van der Waals surface area contributed by atoms with Crippen LogP contribution in [0.25, 0.3) is 0 Å². The number of hydrogen-bond donors (Lipinski definition) is 1. The van der Waals surface area contributed by atoms with E-state index in [2.05, 4.69) is 0 Å². The maximum Gasteiger partial charge on any atom is 0.410 e. The molecule has 2 saturated heterocycles. The number of carbonyl (C=O) groups excluding carboxylic acids is 9. The second kappa shape index (κ2) is 39.7. The van der Waals surface area contributed by atoms with Crippen LogP contribution in [0, 0.1) is 10.8 Å². The average molecular weight is 1510 g/mol. The molecule has 0 unspecified atom stereocenters. The summed E-state index contributed by atoms with van der Waals surface area (Å²) in [5.74, 6) is -6.81. The zero-order valence-electron chi connectivity index (χ0n) is 67.1. The number of esters is 5. The monoisotopic (exact) mass is 1510 g/mol. The van der Waals surface area contributed by atoms with E-state index in [-0.39, 0.29) is 32.3 Å². The number of amides is 4. The van der Waals surface area contributed by atoms with E-state index in [0.29, 0.717) is 49.4 Å². The third-order valence-electron chi connectivity index (χ3n) is 17.7. The lowest BCUT2D eigenvalue weighted by atomic mass is 9.87. The van der Waals surface area contributed by atoms with Gasteiger partial charge < -0.3 is 57.5 Å². The Kier molecular flexibility index (Phi) is 33.8. The predicted octanol–water partition coefficient (Wildman–Crippen LogP) is 13.0. The number of nitrogens with zero attached hydrogens (tertiary/aromatic N) is 4. The molecule has 2 heterocycles. The number of alkyl halides is 2. The minimum absolute atomic E-state index is 0.0157. The summed E-state index contributed by atoms with van der Waals surface area (Å²) in [5, 5.41) is 9.34. The van der Waals surface area contributed by atoms with E-state index in [1.807, 2.05) is 108 Å². The van der Waals surface area contributed by atoms with Crippen LogP contribution in [0.5, 0.6) is 0 Å². The van der Waals surface area contributed by atoms with Gasteiger partial charge in [-0.1, -0.05) is 120 Å². The standard InChI is InChI=1S/C44H63FN2O10.C37H57FN2O10/c1-29(38(49)54-28-31-15-13-12-14-16-31)55-39(50)34(26-42(2,3)4)46(10)37(48)36(25-30-17-19-32(20-18-30)33-21-23-53-24-22-33)56-40(51)35(27-44(8,9)45)47(11)41(52)57-43(5,6)7;1-23(31(42)43)48-32(44)27(21-35(2,3)4)39(10)30(41)29(20-24-12-14-25(15-13-24)26-16-18-47-19-17-26)49-33(45)28(22-37(8,9)38)40(11)34(46)50-36(5,6)7/h12-20,29,33-36H,21-28H2,1-11H3;12-15,23,26-29H,16-22H2,1-11H3,(H,42,43)/t29-,34+,35+,36-;23-,27+,28+,29-/m11/s1. The first-order chi connectivity index (χ1) is 49.3. The van der Waals surface area contributed by atoms with Crippen LogP contribution < -0.4 is 0 Å². The minimum Gasteiger partial charge on any atom is -0.479 e. The number of hydrogen-bond acceptors (Lipinski definition) is 19. The van der Waals surface area contributed by atoms with Crippen LogP contribution in [-0.4, -0.2) is 210 Å². The molecule has 3 aromatic rings. The molecule has 1 N–H and O–H groups in total. The van der Waals surface area contributed by atoms with Crippen molar-refractivity contribution in [3.8, 4) is 0 Å². The fourth-order valence-corrected chi connectivity index (χ4v) is 11.9. The van der Waals surface area contributed by atoms with Crippen molar-refractivity contribution in [2.75, 3.05) is 54.6 Å². The lowest BCUT2D eigenvalue weighted by Gasteiger charge is -2.35. The van der Waals surface area contributed by atoms with Gasteiger partial charge in [0.15, 0.2) is 24.4 Å². The molecule has 107 heavy (non-hydrogen) atoms. The first kappa shape index (κ1) is 91.1. The molecule has 24 nitrogen and oxygen atoms in total. The highest BCUT2D eigenvalue weighted by atomic mass is 19.1. The molecule has 4 amide bonds. The van der Waals surface area contributed by atoms with Crippen molar-refractivity contribution < 1.29 is 104 Å². The molecular formula is C81H120F2N4O20. The van der Waals surface area contributed by atoms with Crippen LogP contribution in [0.2, 0.25) is 0 Å². The fraction of sp³-hybridized carbons (Fsp3) is 0.654. The van der Waals surface area contributed by atoms with Crippen LogP contribution in [0.4, 0.5) is 18.4 Å². The lowest BCUT2D eigenvalue weighted by Crippen LogP contribution is -2.53. The van der Waals surface area contributed by atoms with Crippen molar-refractivity contribution in [3.05, 3.63) is 107 Å². The molecule has 2 fully saturated rings. The van der Waals surface area contributed by atoms with E-state index in [4.69, 9.17) is 42.6 Å². The Morgan fingerprint density at radius 1 is 0.430 bits per heavy atom. The molecule has 0 bridgehead atoms. The number of halogens is 2. The molecule has 0 saturated carbocycles. The quantitative estimate of drug-likeness (QED) is 0.0479. The van der Waals surface area contributed by atoms with Gasteiger partial charge in [0.1, 0.15) is 53.3 Å². The second-order valence-corrected chi connectivity index (χ2v) is 33.6. The van der Waals surface area contributed by atoms with Gasteiger partial charge in [0.05, 0.1) is 0 Å². The molecule has 8 atom stereocenters. The van der Waals surface area contributed by atoms with Gasteiger partial charge in [0.2, 0.25) is 0 Å². The molecule has 5 rings (SSSR count). The molecule has 0 aromatic heterocycles. The molecule has 2 aliphatic heterocycles. The predicted molar refractivity (Wildman–Crippen MR) is 397 cm³/mol. The van der Waals surface area contributed by atoms with Crippen molar-refractivity contribution in [3.63, 3.8) is 0 Å². The Hall–Kier alpha value is -8.26. The highest BCUT2D eigenvalue weighted by Crippen LogP contribution is 2.33. The zero-order valence-corrected chi connectivity index (χ0v) is 67.1.